The molecule has 7 heteroatoms. The molecule has 3 rings (SSSR count). The number of ether oxygens (including phenoxy) is 3. The zero-order valence-electron chi connectivity index (χ0n) is 14.9. The van der Waals surface area contributed by atoms with Crippen molar-refractivity contribution < 1.29 is 19.0 Å². The number of morpholine rings is 1. The average molecular weight is 386 g/mol. The molecule has 1 aliphatic rings. The Hall–Kier alpha value is -2.64. The van der Waals surface area contributed by atoms with Gasteiger partial charge >= 0.3 is 0 Å². The lowest BCUT2D eigenvalue weighted by molar-refractivity contribution is 0.0669. The number of hydrogen-bond acceptors (Lipinski definition) is 5. The Morgan fingerprint density at radius 1 is 1.00 bits per heavy atom. The van der Waals surface area contributed by atoms with Gasteiger partial charge in [0.25, 0.3) is 5.91 Å². The van der Waals surface area contributed by atoms with Crippen molar-refractivity contribution in [3.8, 4) is 11.5 Å². The fourth-order valence-electron chi connectivity index (χ4n) is 2.58. The van der Waals surface area contributed by atoms with E-state index in [-0.39, 0.29) is 5.91 Å². The lowest BCUT2D eigenvalue weighted by Gasteiger charge is -2.28. The molecule has 0 aromatic heterocycles. The molecule has 0 saturated carbocycles. The number of carbonyl (C=O) groups excluding carboxylic acids is 1. The van der Waals surface area contributed by atoms with Crippen molar-refractivity contribution in [3.05, 3.63) is 60.2 Å². The molecule has 2 aromatic carbocycles. The van der Waals surface area contributed by atoms with E-state index in [4.69, 9.17) is 26.4 Å². The summed E-state index contributed by atoms with van der Waals surface area (Å²) in [6, 6.07) is 16.6. The summed E-state index contributed by atoms with van der Waals surface area (Å²) in [5.41, 5.74) is 0.493. The van der Waals surface area contributed by atoms with Gasteiger partial charge in [0, 0.05) is 18.7 Å². The number of rotatable bonds is 6. The van der Waals surface area contributed by atoms with Crippen LogP contribution in [0.2, 0.25) is 0 Å². The van der Waals surface area contributed by atoms with Gasteiger partial charge in [0.15, 0.2) is 5.11 Å². The Morgan fingerprint density at radius 3 is 2.41 bits per heavy atom. The summed E-state index contributed by atoms with van der Waals surface area (Å²) < 4.78 is 16.6. The van der Waals surface area contributed by atoms with Gasteiger partial charge in [-0.3, -0.25) is 10.1 Å². The summed E-state index contributed by atoms with van der Waals surface area (Å²) in [4.78, 5) is 14.4. The molecular weight excluding hydrogens is 364 g/mol. The van der Waals surface area contributed by atoms with E-state index in [1.807, 2.05) is 35.2 Å². The van der Waals surface area contributed by atoms with Crippen LogP contribution in [-0.4, -0.2) is 55.4 Å². The number of amides is 1. The highest BCUT2D eigenvalue weighted by Gasteiger charge is 2.16. The molecule has 6 nitrogen and oxygen atoms in total. The van der Waals surface area contributed by atoms with E-state index < -0.39 is 0 Å². The van der Waals surface area contributed by atoms with Crippen LogP contribution in [0.25, 0.3) is 0 Å². The van der Waals surface area contributed by atoms with Crippen LogP contribution in [0.1, 0.15) is 10.4 Å². The first-order chi connectivity index (χ1) is 13.2. The number of thiocarbonyl (C=S) groups is 1. The quantitative estimate of drug-likeness (QED) is 0.608. The molecule has 1 aliphatic heterocycles. The predicted octanol–water partition coefficient (Wildman–Crippen LogP) is 2.49. The summed E-state index contributed by atoms with van der Waals surface area (Å²) in [6.07, 6.45) is 0. The van der Waals surface area contributed by atoms with Crippen LogP contribution in [0.5, 0.6) is 11.5 Å². The van der Waals surface area contributed by atoms with E-state index in [0.717, 1.165) is 5.75 Å². The molecule has 0 aliphatic carbocycles. The normalized spacial score (nSPS) is 13.7. The predicted molar refractivity (Wildman–Crippen MR) is 106 cm³/mol. The SMILES string of the molecule is O=C(NC(=S)N1CCOCC1)c1cccc(OCCOc2ccccc2)c1. The summed E-state index contributed by atoms with van der Waals surface area (Å²) in [7, 11) is 0. The van der Waals surface area contributed by atoms with E-state index >= 15 is 0 Å². The third-order valence-electron chi connectivity index (χ3n) is 3.98. The highest BCUT2D eigenvalue weighted by molar-refractivity contribution is 7.80. The van der Waals surface area contributed by atoms with Crippen molar-refractivity contribution in [1.29, 1.82) is 0 Å². The van der Waals surface area contributed by atoms with Gasteiger partial charge in [-0.15, -0.1) is 0 Å². The van der Waals surface area contributed by atoms with Crippen LogP contribution in [0.3, 0.4) is 0 Å². The van der Waals surface area contributed by atoms with Crippen LogP contribution >= 0.6 is 12.2 Å². The van der Waals surface area contributed by atoms with Crippen molar-refractivity contribution in [2.45, 2.75) is 0 Å². The number of carbonyl (C=O) groups is 1. The molecule has 1 heterocycles. The van der Waals surface area contributed by atoms with Gasteiger partial charge in [0.1, 0.15) is 24.7 Å². The lowest BCUT2D eigenvalue weighted by Crippen LogP contribution is -2.47. The molecule has 0 bridgehead atoms. The molecule has 1 amide bonds. The van der Waals surface area contributed by atoms with Crippen molar-refractivity contribution in [2.75, 3.05) is 39.5 Å². The van der Waals surface area contributed by atoms with Gasteiger partial charge in [-0.1, -0.05) is 24.3 Å². The van der Waals surface area contributed by atoms with Crippen LogP contribution in [0.4, 0.5) is 0 Å². The summed E-state index contributed by atoms with van der Waals surface area (Å²) in [5.74, 6) is 1.15. The maximum Gasteiger partial charge on any atom is 0.257 e. The zero-order chi connectivity index (χ0) is 18.9. The highest BCUT2D eigenvalue weighted by Crippen LogP contribution is 2.14. The van der Waals surface area contributed by atoms with Crippen molar-refractivity contribution in [2.24, 2.45) is 0 Å². The van der Waals surface area contributed by atoms with E-state index in [1.165, 1.54) is 0 Å². The van der Waals surface area contributed by atoms with Gasteiger partial charge in [0.05, 0.1) is 13.2 Å². The first-order valence-electron chi connectivity index (χ1n) is 8.81. The number of hydrogen-bond donors (Lipinski definition) is 1. The molecule has 0 unspecified atom stereocenters. The van der Waals surface area contributed by atoms with Crippen molar-refractivity contribution in [3.63, 3.8) is 0 Å². The number of nitrogens with zero attached hydrogens (tertiary/aromatic N) is 1. The van der Waals surface area contributed by atoms with Gasteiger partial charge in [-0.2, -0.15) is 0 Å². The molecule has 0 spiro atoms. The maximum atomic E-state index is 12.4. The second-order valence-corrected chi connectivity index (χ2v) is 6.28. The fraction of sp³-hybridized carbons (Fsp3) is 0.300. The Balaban J connectivity index is 1.47. The Labute approximate surface area is 164 Å². The van der Waals surface area contributed by atoms with Crippen LogP contribution in [0.15, 0.2) is 54.6 Å². The first-order valence-corrected chi connectivity index (χ1v) is 9.22. The second-order valence-electron chi connectivity index (χ2n) is 5.90. The largest absolute Gasteiger partial charge is 0.490 e. The van der Waals surface area contributed by atoms with Gasteiger partial charge in [0.2, 0.25) is 0 Å². The van der Waals surface area contributed by atoms with Crippen LogP contribution in [-0.2, 0) is 4.74 Å². The molecule has 0 atom stereocenters. The highest BCUT2D eigenvalue weighted by atomic mass is 32.1. The molecule has 27 heavy (non-hydrogen) atoms. The minimum Gasteiger partial charge on any atom is -0.490 e. The number of para-hydroxylation sites is 1. The summed E-state index contributed by atoms with van der Waals surface area (Å²) in [6.45, 7) is 3.40. The molecule has 1 saturated heterocycles. The molecule has 1 fully saturated rings. The lowest BCUT2D eigenvalue weighted by atomic mass is 10.2. The van der Waals surface area contributed by atoms with Crippen LogP contribution < -0.4 is 14.8 Å². The third-order valence-corrected chi connectivity index (χ3v) is 4.34. The Bertz CT molecular complexity index is 764. The van der Waals surface area contributed by atoms with Crippen LogP contribution in [0, 0.1) is 0 Å². The number of benzene rings is 2. The second kappa shape index (κ2) is 9.89. The molecular formula is C20H22N2O4S. The minimum atomic E-state index is -0.252. The minimum absolute atomic E-state index is 0.252. The standard InChI is InChI=1S/C20H22N2O4S/c23-19(21-20(27)22-9-11-24-12-10-22)16-5-4-8-18(15-16)26-14-13-25-17-6-2-1-3-7-17/h1-8,15H,9-14H2,(H,21,23,27). The van der Waals surface area contributed by atoms with E-state index in [0.29, 0.717) is 55.9 Å². The van der Waals surface area contributed by atoms with Gasteiger partial charge in [-0.25, -0.2) is 0 Å². The summed E-state index contributed by atoms with van der Waals surface area (Å²) in [5, 5.41) is 3.19. The zero-order valence-corrected chi connectivity index (χ0v) is 15.7. The van der Waals surface area contributed by atoms with Crippen molar-refractivity contribution in [1.82, 2.24) is 10.2 Å². The first kappa shape index (κ1) is 19.1. The fourth-order valence-corrected chi connectivity index (χ4v) is 2.85. The maximum absolute atomic E-state index is 12.4. The van der Waals surface area contributed by atoms with Gasteiger partial charge < -0.3 is 19.1 Å². The topological polar surface area (TPSA) is 60.0 Å². The van der Waals surface area contributed by atoms with Gasteiger partial charge in [-0.05, 0) is 42.5 Å². The van der Waals surface area contributed by atoms with E-state index in [9.17, 15) is 4.79 Å². The van der Waals surface area contributed by atoms with E-state index in [2.05, 4.69) is 5.32 Å². The Kier molecular flexibility index (Phi) is 7.01. The Morgan fingerprint density at radius 2 is 1.67 bits per heavy atom. The molecule has 0 radical (unpaired) electrons. The monoisotopic (exact) mass is 386 g/mol. The molecule has 142 valence electrons. The van der Waals surface area contributed by atoms with E-state index in [1.54, 1.807) is 24.3 Å². The molecule has 2 aromatic rings. The average Bonchev–Trinajstić information content (AvgIpc) is 2.73. The molecule has 1 N–H and O–H groups in total. The third kappa shape index (κ3) is 5.94. The van der Waals surface area contributed by atoms with Crippen molar-refractivity contribution >= 4 is 23.2 Å². The smallest absolute Gasteiger partial charge is 0.257 e. The number of nitrogens with one attached hydrogen (secondary N) is 1. The summed E-state index contributed by atoms with van der Waals surface area (Å²) >= 11 is 5.31.